The second-order valence-electron chi connectivity index (χ2n) is 7.77. The average molecular weight is 412 g/mol. The van der Waals surface area contributed by atoms with Gasteiger partial charge < -0.3 is 9.64 Å². The molecule has 0 radical (unpaired) electrons. The Bertz CT molecular complexity index is 1170. The molecule has 1 saturated heterocycles. The number of carbonyl (C=O) groups excluding carboxylic acids is 1. The minimum absolute atomic E-state index is 0.153. The summed E-state index contributed by atoms with van der Waals surface area (Å²) in [6.07, 6.45) is 2.96. The maximum atomic E-state index is 12.8. The third kappa shape index (κ3) is 4.20. The van der Waals surface area contributed by atoms with Crippen molar-refractivity contribution in [1.82, 2.24) is 19.7 Å². The van der Waals surface area contributed by atoms with Gasteiger partial charge >= 0.3 is 0 Å². The van der Waals surface area contributed by atoms with Gasteiger partial charge in [0, 0.05) is 24.7 Å². The lowest BCUT2D eigenvalue weighted by Crippen LogP contribution is -2.42. The highest BCUT2D eigenvalue weighted by molar-refractivity contribution is 5.76. The lowest BCUT2D eigenvalue weighted by atomic mass is 10.1. The fraction of sp³-hybridized carbons (Fsp3) is 0.240. The Morgan fingerprint density at radius 1 is 0.968 bits per heavy atom. The summed E-state index contributed by atoms with van der Waals surface area (Å²) in [5.74, 6) is 0.153. The zero-order chi connectivity index (χ0) is 21.0. The molecule has 3 heterocycles. The van der Waals surface area contributed by atoms with Crippen LogP contribution in [0.4, 0.5) is 0 Å². The van der Waals surface area contributed by atoms with Gasteiger partial charge in [0.1, 0.15) is 11.8 Å². The van der Waals surface area contributed by atoms with Gasteiger partial charge in [0.15, 0.2) is 0 Å². The molecule has 0 aliphatic carbocycles. The van der Waals surface area contributed by atoms with Crippen molar-refractivity contribution in [2.24, 2.45) is 0 Å². The number of pyridine rings is 1. The molecule has 5 rings (SSSR count). The van der Waals surface area contributed by atoms with E-state index in [1.165, 1.54) is 5.56 Å². The Morgan fingerprint density at radius 2 is 1.74 bits per heavy atom. The molecule has 6 nitrogen and oxygen atoms in total. The largest absolute Gasteiger partial charge is 0.368 e. The van der Waals surface area contributed by atoms with Crippen molar-refractivity contribution < 1.29 is 9.53 Å². The number of nitrogens with zero attached hydrogens (tertiary/aromatic N) is 4. The minimum atomic E-state index is -0.269. The van der Waals surface area contributed by atoms with E-state index in [1.807, 2.05) is 53.6 Å². The quantitative estimate of drug-likeness (QED) is 0.498. The monoisotopic (exact) mass is 412 g/mol. The second kappa shape index (κ2) is 8.70. The van der Waals surface area contributed by atoms with Crippen molar-refractivity contribution in [3.63, 3.8) is 0 Å². The molecule has 6 heteroatoms. The molecule has 31 heavy (non-hydrogen) atoms. The van der Waals surface area contributed by atoms with E-state index in [-0.39, 0.29) is 12.0 Å². The van der Waals surface area contributed by atoms with Gasteiger partial charge in [-0.1, -0.05) is 71.9 Å². The van der Waals surface area contributed by atoms with Gasteiger partial charge in [-0.15, -0.1) is 5.10 Å². The summed E-state index contributed by atoms with van der Waals surface area (Å²) in [7, 11) is 0. The molecule has 1 amide bonds. The van der Waals surface area contributed by atoms with Crippen molar-refractivity contribution in [1.29, 1.82) is 0 Å². The van der Waals surface area contributed by atoms with E-state index in [0.29, 0.717) is 26.1 Å². The van der Waals surface area contributed by atoms with Gasteiger partial charge in [0.25, 0.3) is 0 Å². The zero-order valence-corrected chi connectivity index (χ0v) is 17.2. The van der Waals surface area contributed by atoms with E-state index in [0.717, 1.165) is 28.8 Å². The van der Waals surface area contributed by atoms with Crippen LogP contribution in [-0.2, 0) is 16.0 Å². The van der Waals surface area contributed by atoms with Crippen molar-refractivity contribution in [2.45, 2.75) is 18.9 Å². The first kappa shape index (κ1) is 19.5. The molecule has 1 atom stereocenters. The van der Waals surface area contributed by atoms with Crippen LogP contribution >= 0.6 is 0 Å². The summed E-state index contributed by atoms with van der Waals surface area (Å²) < 4.78 is 7.77. The topological polar surface area (TPSA) is 59.7 Å². The fourth-order valence-electron chi connectivity index (χ4n) is 4.04. The highest BCUT2D eigenvalue weighted by Gasteiger charge is 2.28. The molecule has 0 N–H and O–H groups in total. The van der Waals surface area contributed by atoms with Crippen LogP contribution in [0.2, 0.25) is 0 Å². The third-order valence-electron chi connectivity index (χ3n) is 5.74. The highest BCUT2D eigenvalue weighted by Crippen LogP contribution is 2.27. The van der Waals surface area contributed by atoms with Crippen molar-refractivity contribution >= 4 is 11.4 Å². The average Bonchev–Trinajstić information content (AvgIpc) is 3.27. The standard InChI is InChI=1S/C25H24N4O2/c30-24(14-11-19-7-3-1-4-8-19)28-15-16-31-23(18-28)25-22-13-12-21(17-29(22)27-26-25)20-9-5-2-6-10-20/h1-10,12-13,17,23H,11,14-16,18H2/t23-/m1/s1. The van der Waals surface area contributed by atoms with Gasteiger partial charge in [-0.2, -0.15) is 0 Å². The number of ether oxygens (including phenoxy) is 1. The SMILES string of the molecule is O=C(CCc1ccccc1)N1CCO[C@@H](c2nnn3cc(-c4ccccc4)ccc23)C1. The molecule has 0 unspecified atom stereocenters. The van der Waals surface area contributed by atoms with E-state index >= 15 is 0 Å². The number of hydrogen-bond donors (Lipinski definition) is 0. The van der Waals surface area contributed by atoms with Gasteiger partial charge in [-0.05, 0) is 23.6 Å². The molecular weight excluding hydrogens is 388 g/mol. The van der Waals surface area contributed by atoms with Crippen LogP contribution in [0.25, 0.3) is 16.6 Å². The summed E-state index contributed by atoms with van der Waals surface area (Å²) in [6.45, 7) is 1.62. The molecular formula is C25H24N4O2. The predicted octanol–water partition coefficient (Wildman–Crippen LogP) is 3.93. The Labute approximate surface area is 181 Å². The maximum absolute atomic E-state index is 12.8. The molecule has 1 fully saturated rings. The number of aryl methyl sites for hydroxylation is 1. The minimum Gasteiger partial charge on any atom is -0.368 e. The Morgan fingerprint density at radius 3 is 2.55 bits per heavy atom. The first-order valence-corrected chi connectivity index (χ1v) is 10.6. The summed E-state index contributed by atoms with van der Waals surface area (Å²) in [4.78, 5) is 14.7. The molecule has 2 aromatic heterocycles. The highest BCUT2D eigenvalue weighted by atomic mass is 16.5. The second-order valence-corrected chi connectivity index (χ2v) is 7.77. The smallest absolute Gasteiger partial charge is 0.223 e. The molecule has 1 aliphatic rings. The number of fused-ring (bicyclic) bond motifs is 1. The molecule has 1 aliphatic heterocycles. The third-order valence-corrected chi connectivity index (χ3v) is 5.74. The van der Waals surface area contributed by atoms with Crippen LogP contribution in [0.15, 0.2) is 79.0 Å². The first-order valence-electron chi connectivity index (χ1n) is 10.6. The van der Waals surface area contributed by atoms with Gasteiger partial charge in [-0.3, -0.25) is 4.79 Å². The number of aromatic nitrogens is 3. The molecule has 156 valence electrons. The van der Waals surface area contributed by atoms with E-state index in [9.17, 15) is 4.79 Å². The van der Waals surface area contributed by atoms with E-state index in [4.69, 9.17) is 4.74 Å². The van der Waals surface area contributed by atoms with Crippen molar-refractivity contribution in [3.8, 4) is 11.1 Å². The van der Waals surface area contributed by atoms with Gasteiger partial charge in [-0.25, -0.2) is 4.52 Å². The van der Waals surface area contributed by atoms with E-state index in [1.54, 1.807) is 4.52 Å². The van der Waals surface area contributed by atoms with Crippen LogP contribution < -0.4 is 0 Å². The maximum Gasteiger partial charge on any atom is 0.223 e. The Hall–Kier alpha value is -3.51. The van der Waals surface area contributed by atoms with Crippen LogP contribution in [0, 0.1) is 0 Å². The zero-order valence-electron chi connectivity index (χ0n) is 17.2. The molecule has 0 saturated carbocycles. The van der Waals surface area contributed by atoms with Crippen LogP contribution in [-0.4, -0.2) is 45.3 Å². The van der Waals surface area contributed by atoms with Crippen LogP contribution in [0.5, 0.6) is 0 Å². The van der Waals surface area contributed by atoms with Crippen LogP contribution in [0.3, 0.4) is 0 Å². The van der Waals surface area contributed by atoms with Gasteiger partial charge in [0.05, 0.1) is 18.7 Å². The number of benzene rings is 2. The first-order chi connectivity index (χ1) is 15.3. The lowest BCUT2D eigenvalue weighted by molar-refractivity contribution is -0.139. The fourth-order valence-corrected chi connectivity index (χ4v) is 4.04. The summed E-state index contributed by atoms with van der Waals surface area (Å²) in [5, 5.41) is 8.70. The normalized spacial score (nSPS) is 16.5. The number of hydrogen-bond acceptors (Lipinski definition) is 4. The predicted molar refractivity (Wildman–Crippen MR) is 118 cm³/mol. The lowest BCUT2D eigenvalue weighted by Gasteiger charge is -2.32. The molecule has 0 bridgehead atoms. The van der Waals surface area contributed by atoms with Crippen molar-refractivity contribution in [2.75, 3.05) is 19.7 Å². The number of carbonyl (C=O) groups is 1. The van der Waals surface area contributed by atoms with Crippen LogP contribution in [0.1, 0.15) is 23.8 Å². The van der Waals surface area contributed by atoms with Crippen molar-refractivity contribution in [3.05, 3.63) is 90.3 Å². The summed E-state index contributed by atoms with van der Waals surface area (Å²) in [6, 6.07) is 24.4. The molecule has 0 spiro atoms. The Balaban J connectivity index is 1.30. The molecule has 4 aromatic rings. The summed E-state index contributed by atoms with van der Waals surface area (Å²) in [5.41, 5.74) is 5.07. The van der Waals surface area contributed by atoms with E-state index in [2.05, 4.69) is 40.6 Å². The number of morpholine rings is 1. The van der Waals surface area contributed by atoms with Gasteiger partial charge in [0.2, 0.25) is 5.91 Å². The number of amides is 1. The molecule has 2 aromatic carbocycles. The Kier molecular flexibility index (Phi) is 5.46. The summed E-state index contributed by atoms with van der Waals surface area (Å²) >= 11 is 0. The number of rotatable bonds is 5. The van der Waals surface area contributed by atoms with E-state index < -0.39 is 0 Å².